The summed E-state index contributed by atoms with van der Waals surface area (Å²) >= 11 is 0. The van der Waals surface area contributed by atoms with Crippen molar-refractivity contribution in [1.29, 1.82) is 0 Å². The van der Waals surface area contributed by atoms with Gasteiger partial charge in [0, 0.05) is 0 Å². The van der Waals surface area contributed by atoms with Gasteiger partial charge < -0.3 is 15.3 Å². The first-order valence-electron chi connectivity index (χ1n) is 9.10. The van der Waals surface area contributed by atoms with Gasteiger partial charge >= 0.3 is 0 Å². The smallest absolute Gasteiger partial charge is 0.167 e. The van der Waals surface area contributed by atoms with Crippen molar-refractivity contribution in [2.75, 3.05) is 13.2 Å². The molecule has 1 fully saturated rings. The lowest BCUT2D eigenvalue weighted by atomic mass is 9.86. The lowest BCUT2D eigenvalue weighted by molar-refractivity contribution is 0.0752. The van der Waals surface area contributed by atoms with Crippen LogP contribution in [0.5, 0.6) is 0 Å². The molecule has 146 valence electrons. The molecular weight excluding hydrogens is 364 g/mol. The number of hydrogen-bond donors (Lipinski definition) is 3. The maximum atomic E-state index is 13.7. The van der Waals surface area contributed by atoms with Gasteiger partial charge in [-0.15, -0.1) is 0 Å². The first kappa shape index (κ1) is 20.0. The number of aliphatic hydroxyl groups excluding tert-OH is 3. The van der Waals surface area contributed by atoms with E-state index in [4.69, 9.17) is 0 Å². The Morgan fingerprint density at radius 2 is 1.15 bits per heavy atom. The largest absolute Gasteiger partial charge is 0.395 e. The minimum Gasteiger partial charge on any atom is -0.395 e. The minimum absolute atomic E-state index is 0.0444. The number of hydrogen-bond acceptors (Lipinski definition) is 5. The highest BCUT2D eigenvalue weighted by molar-refractivity contribution is 7.94. The van der Waals surface area contributed by atoms with E-state index in [2.05, 4.69) is 0 Å². The van der Waals surface area contributed by atoms with Gasteiger partial charge in [-0.05, 0) is 36.8 Å². The molecule has 6 heteroatoms. The fourth-order valence-corrected chi connectivity index (χ4v) is 7.09. The van der Waals surface area contributed by atoms with Crippen molar-refractivity contribution in [2.24, 2.45) is 0 Å². The minimum atomic E-state index is -3.98. The van der Waals surface area contributed by atoms with Crippen molar-refractivity contribution < 1.29 is 23.7 Å². The highest BCUT2D eigenvalue weighted by Crippen LogP contribution is 2.45. The molecule has 1 aliphatic rings. The maximum Gasteiger partial charge on any atom is 0.167 e. The van der Waals surface area contributed by atoms with Crippen LogP contribution in [0.4, 0.5) is 0 Å². The van der Waals surface area contributed by atoms with Crippen LogP contribution in [-0.2, 0) is 22.7 Å². The molecule has 1 saturated heterocycles. The van der Waals surface area contributed by atoms with Crippen molar-refractivity contribution in [1.82, 2.24) is 0 Å². The predicted molar refractivity (Wildman–Crippen MR) is 104 cm³/mol. The summed E-state index contributed by atoms with van der Waals surface area (Å²) in [5.74, 6) is 0. The van der Waals surface area contributed by atoms with Crippen molar-refractivity contribution in [3.8, 4) is 0 Å². The first-order valence-corrected chi connectivity index (χ1v) is 10.6. The molecule has 2 unspecified atom stereocenters. The molecule has 0 aliphatic carbocycles. The average Bonchev–Trinajstić information content (AvgIpc) is 2.67. The van der Waals surface area contributed by atoms with Crippen LogP contribution in [-0.4, -0.2) is 52.5 Å². The lowest BCUT2D eigenvalue weighted by Gasteiger charge is -2.48. The molecule has 1 aliphatic heterocycles. The van der Waals surface area contributed by atoms with Crippen LogP contribution in [0.15, 0.2) is 60.7 Å². The number of aliphatic hydroxyl groups is 3. The molecule has 0 bridgehead atoms. The van der Waals surface area contributed by atoms with E-state index in [1.165, 1.54) is 0 Å². The fourth-order valence-electron chi connectivity index (χ4n) is 4.29. The van der Waals surface area contributed by atoms with Crippen LogP contribution < -0.4 is 0 Å². The standard InChI is InChI=1S/C21H26O5S/c22-15-20(11-17-7-3-1-4-8-17)13-19(24)14-21(16-23,27(20,25)26)12-18-9-5-2-6-10-18/h1-10,19,22-24H,11-16H2. The van der Waals surface area contributed by atoms with E-state index >= 15 is 0 Å². The molecule has 5 nitrogen and oxygen atoms in total. The quantitative estimate of drug-likeness (QED) is 0.695. The van der Waals surface area contributed by atoms with Gasteiger partial charge in [0.05, 0.1) is 19.3 Å². The third-order valence-electron chi connectivity index (χ3n) is 5.67. The highest BCUT2D eigenvalue weighted by Gasteiger charge is 2.60. The van der Waals surface area contributed by atoms with Crippen LogP contribution >= 0.6 is 0 Å². The van der Waals surface area contributed by atoms with Crippen molar-refractivity contribution in [3.63, 3.8) is 0 Å². The average molecular weight is 391 g/mol. The first-order chi connectivity index (χ1) is 12.9. The lowest BCUT2D eigenvalue weighted by Crippen LogP contribution is -2.64. The van der Waals surface area contributed by atoms with Gasteiger partial charge in [0.1, 0.15) is 9.49 Å². The Morgan fingerprint density at radius 1 is 0.778 bits per heavy atom. The second-order valence-electron chi connectivity index (χ2n) is 7.57. The summed E-state index contributed by atoms with van der Waals surface area (Å²) in [5, 5.41) is 30.9. The molecule has 2 atom stereocenters. The van der Waals surface area contributed by atoms with Gasteiger partial charge in [-0.3, -0.25) is 0 Å². The molecule has 0 saturated carbocycles. The van der Waals surface area contributed by atoms with Gasteiger partial charge in [-0.1, -0.05) is 60.7 Å². The van der Waals surface area contributed by atoms with E-state index in [1.807, 2.05) is 60.7 Å². The molecular formula is C21H26O5S. The summed E-state index contributed by atoms with van der Waals surface area (Å²) in [5.41, 5.74) is 1.55. The zero-order valence-corrected chi connectivity index (χ0v) is 16.0. The Bertz CT molecular complexity index is 787. The molecule has 2 aromatic rings. The second-order valence-corrected chi connectivity index (χ2v) is 10.3. The zero-order valence-electron chi connectivity index (χ0n) is 15.2. The SMILES string of the molecule is O=S1(=O)C(CO)(Cc2ccccc2)CC(O)CC1(CO)Cc1ccccc1. The molecule has 3 rings (SSSR count). The van der Waals surface area contributed by atoms with E-state index < -0.39 is 38.6 Å². The van der Waals surface area contributed by atoms with Gasteiger partial charge in [-0.2, -0.15) is 0 Å². The van der Waals surface area contributed by atoms with Gasteiger partial charge in [-0.25, -0.2) is 8.42 Å². The number of benzene rings is 2. The second kappa shape index (κ2) is 7.72. The van der Waals surface area contributed by atoms with E-state index in [0.717, 1.165) is 11.1 Å². The number of rotatable bonds is 6. The van der Waals surface area contributed by atoms with Crippen LogP contribution in [0.3, 0.4) is 0 Å². The highest BCUT2D eigenvalue weighted by atomic mass is 32.2. The Kier molecular flexibility index (Phi) is 5.72. The molecule has 27 heavy (non-hydrogen) atoms. The topological polar surface area (TPSA) is 94.8 Å². The van der Waals surface area contributed by atoms with Crippen LogP contribution in [0.1, 0.15) is 24.0 Å². The summed E-state index contributed by atoms with van der Waals surface area (Å²) in [4.78, 5) is 0. The summed E-state index contributed by atoms with van der Waals surface area (Å²) < 4.78 is 24.4. The van der Waals surface area contributed by atoms with Crippen LogP contribution in [0.25, 0.3) is 0 Å². The summed E-state index contributed by atoms with van der Waals surface area (Å²) in [6, 6.07) is 18.2. The van der Waals surface area contributed by atoms with E-state index in [1.54, 1.807) is 0 Å². The van der Waals surface area contributed by atoms with Crippen molar-refractivity contribution in [2.45, 2.75) is 41.3 Å². The molecule has 2 aromatic carbocycles. The predicted octanol–water partition coefficient (Wildman–Crippen LogP) is 1.50. The van der Waals surface area contributed by atoms with Crippen molar-refractivity contribution >= 4 is 9.84 Å². The molecule has 1 heterocycles. The Morgan fingerprint density at radius 3 is 1.48 bits per heavy atom. The molecule has 0 radical (unpaired) electrons. The summed E-state index contributed by atoms with van der Waals surface area (Å²) in [6.45, 7) is -1.20. The van der Waals surface area contributed by atoms with E-state index in [9.17, 15) is 23.7 Å². The normalized spacial score (nSPS) is 30.1. The third-order valence-corrected chi connectivity index (χ3v) is 8.83. The Labute approximate surface area is 160 Å². The van der Waals surface area contributed by atoms with Gasteiger partial charge in [0.2, 0.25) is 0 Å². The molecule has 0 spiro atoms. The maximum absolute atomic E-state index is 13.7. The molecule has 0 aromatic heterocycles. The molecule has 0 amide bonds. The fraction of sp³-hybridized carbons (Fsp3) is 0.429. The summed E-state index contributed by atoms with van der Waals surface area (Å²) in [7, 11) is -3.98. The van der Waals surface area contributed by atoms with E-state index in [-0.39, 0.29) is 25.7 Å². The molecule has 3 N–H and O–H groups in total. The van der Waals surface area contributed by atoms with Gasteiger partial charge in [0.15, 0.2) is 9.84 Å². The third kappa shape index (κ3) is 3.55. The Balaban J connectivity index is 2.07. The monoisotopic (exact) mass is 390 g/mol. The van der Waals surface area contributed by atoms with Gasteiger partial charge in [0.25, 0.3) is 0 Å². The Hall–Kier alpha value is -1.73. The number of sulfone groups is 1. The zero-order chi connectivity index (χ0) is 19.5. The van der Waals surface area contributed by atoms with Crippen LogP contribution in [0.2, 0.25) is 0 Å². The van der Waals surface area contributed by atoms with E-state index in [0.29, 0.717) is 0 Å². The van der Waals surface area contributed by atoms with Crippen molar-refractivity contribution in [3.05, 3.63) is 71.8 Å². The van der Waals surface area contributed by atoms with Crippen LogP contribution in [0, 0.1) is 0 Å². The summed E-state index contributed by atoms with van der Waals surface area (Å²) in [6.07, 6.45) is -0.810.